The van der Waals surface area contributed by atoms with Crippen LogP contribution in [0.2, 0.25) is 0 Å². The van der Waals surface area contributed by atoms with E-state index in [1.165, 1.54) is 6.92 Å². The molecule has 1 heterocycles. The molecule has 0 aliphatic carbocycles. The highest BCUT2D eigenvalue weighted by Crippen LogP contribution is 2.17. The number of hydrogen-bond donors (Lipinski definition) is 2. The van der Waals surface area contributed by atoms with Crippen LogP contribution in [0.5, 0.6) is 0 Å². The molecule has 6 heteroatoms. The number of hydrogen-bond acceptors (Lipinski definition) is 3. The predicted molar refractivity (Wildman–Crippen MR) is 95.8 cm³/mol. The zero-order valence-electron chi connectivity index (χ0n) is 15.0. The summed E-state index contributed by atoms with van der Waals surface area (Å²) in [4.78, 5) is 37.0. The van der Waals surface area contributed by atoms with E-state index in [1.807, 2.05) is 36.1 Å². The van der Waals surface area contributed by atoms with Gasteiger partial charge in [0.2, 0.25) is 17.7 Å². The van der Waals surface area contributed by atoms with Gasteiger partial charge >= 0.3 is 0 Å². The molecule has 2 N–H and O–H groups in total. The van der Waals surface area contributed by atoms with E-state index in [9.17, 15) is 14.4 Å². The molecule has 1 unspecified atom stereocenters. The van der Waals surface area contributed by atoms with Crippen LogP contribution in [-0.2, 0) is 14.4 Å². The summed E-state index contributed by atoms with van der Waals surface area (Å²) < 4.78 is 0. The van der Waals surface area contributed by atoms with Crippen LogP contribution in [0, 0.1) is 6.92 Å². The molecule has 6 nitrogen and oxygen atoms in total. The van der Waals surface area contributed by atoms with Crippen LogP contribution in [0.4, 0.5) is 0 Å². The van der Waals surface area contributed by atoms with Crippen molar-refractivity contribution in [2.75, 3.05) is 19.6 Å². The highest BCUT2D eigenvalue weighted by molar-refractivity contribution is 5.79. The first-order valence-corrected chi connectivity index (χ1v) is 8.84. The fourth-order valence-electron chi connectivity index (χ4n) is 2.99. The van der Waals surface area contributed by atoms with Gasteiger partial charge in [-0.2, -0.15) is 0 Å². The SMILES string of the molecule is CC(=O)NC(CC(=O)NCCCN1CCCC1=O)c1ccc(C)cc1. The van der Waals surface area contributed by atoms with Gasteiger partial charge in [0.05, 0.1) is 12.5 Å². The number of carbonyl (C=O) groups is 3. The Kier molecular flexibility index (Phi) is 6.98. The molecule has 0 bridgehead atoms. The lowest BCUT2D eigenvalue weighted by molar-refractivity contribution is -0.127. The first-order chi connectivity index (χ1) is 12.0. The molecule has 136 valence electrons. The Hall–Kier alpha value is -2.37. The number of likely N-dealkylation sites (tertiary alicyclic amines) is 1. The summed E-state index contributed by atoms with van der Waals surface area (Å²) in [5, 5.41) is 5.71. The predicted octanol–water partition coefficient (Wildman–Crippen LogP) is 1.69. The molecule has 1 saturated heterocycles. The van der Waals surface area contributed by atoms with E-state index >= 15 is 0 Å². The van der Waals surface area contributed by atoms with E-state index < -0.39 is 0 Å². The second-order valence-electron chi connectivity index (χ2n) is 6.56. The molecule has 0 spiro atoms. The summed E-state index contributed by atoms with van der Waals surface area (Å²) in [7, 11) is 0. The maximum Gasteiger partial charge on any atom is 0.222 e. The molecule has 1 aromatic rings. The second-order valence-corrected chi connectivity index (χ2v) is 6.56. The molecule has 25 heavy (non-hydrogen) atoms. The third kappa shape index (κ3) is 6.21. The molecule has 1 aliphatic heterocycles. The van der Waals surface area contributed by atoms with Crippen molar-refractivity contribution < 1.29 is 14.4 Å². The molecule has 1 atom stereocenters. The van der Waals surface area contributed by atoms with Gasteiger partial charge in [-0.3, -0.25) is 14.4 Å². The molecule has 0 saturated carbocycles. The van der Waals surface area contributed by atoms with Crippen molar-refractivity contribution in [1.29, 1.82) is 0 Å². The molecule has 1 fully saturated rings. The van der Waals surface area contributed by atoms with Gasteiger partial charge in [0.15, 0.2) is 0 Å². The zero-order valence-corrected chi connectivity index (χ0v) is 15.0. The molecule has 0 radical (unpaired) electrons. The van der Waals surface area contributed by atoms with E-state index in [2.05, 4.69) is 10.6 Å². The van der Waals surface area contributed by atoms with Crippen molar-refractivity contribution in [2.45, 2.75) is 45.6 Å². The Morgan fingerprint density at radius 3 is 2.56 bits per heavy atom. The average Bonchev–Trinajstić information content (AvgIpc) is 2.96. The third-order valence-electron chi connectivity index (χ3n) is 4.35. The lowest BCUT2D eigenvalue weighted by Crippen LogP contribution is -2.34. The van der Waals surface area contributed by atoms with Crippen molar-refractivity contribution in [3.63, 3.8) is 0 Å². The lowest BCUT2D eigenvalue weighted by Gasteiger charge is -2.19. The fourth-order valence-corrected chi connectivity index (χ4v) is 2.99. The number of benzene rings is 1. The van der Waals surface area contributed by atoms with E-state index in [0.717, 1.165) is 30.5 Å². The van der Waals surface area contributed by atoms with Crippen LogP contribution >= 0.6 is 0 Å². The number of carbonyl (C=O) groups excluding carboxylic acids is 3. The monoisotopic (exact) mass is 345 g/mol. The zero-order chi connectivity index (χ0) is 18.2. The Balaban J connectivity index is 1.79. The van der Waals surface area contributed by atoms with Gasteiger partial charge in [0.25, 0.3) is 0 Å². The Morgan fingerprint density at radius 2 is 1.96 bits per heavy atom. The second kappa shape index (κ2) is 9.20. The van der Waals surface area contributed by atoms with E-state index in [0.29, 0.717) is 19.5 Å². The highest BCUT2D eigenvalue weighted by atomic mass is 16.2. The van der Waals surface area contributed by atoms with Crippen molar-refractivity contribution in [1.82, 2.24) is 15.5 Å². The number of aryl methyl sites for hydroxylation is 1. The number of amides is 3. The maximum atomic E-state index is 12.2. The number of nitrogens with zero attached hydrogens (tertiary/aromatic N) is 1. The van der Waals surface area contributed by atoms with Crippen LogP contribution < -0.4 is 10.6 Å². The smallest absolute Gasteiger partial charge is 0.222 e. The van der Waals surface area contributed by atoms with Crippen LogP contribution in [0.3, 0.4) is 0 Å². The van der Waals surface area contributed by atoms with Crippen LogP contribution in [-0.4, -0.2) is 42.3 Å². The van der Waals surface area contributed by atoms with Crippen molar-refractivity contribution in [2.24, 2.45) is 0 Å². The van der Waals surface area contributed by atoms with Gasteiger partial charge < -0.3 is 15.5 Å². The minimum atomic E-state index is -0.335. The molecule has 2 rings (SSSR count). The molecule has 0 aromatic heterocycles. The largest absolute Gasteiger partial charge is 0.356 e. The lowest BCUT2D eigenvalue weighted by atomic mass is 10.0. The van der Waals surface area contributed by atoms with Crippen molar-refractivity contribution in [3.8, 4) is 0 Å². The first-order valence-electron chi connectivity index (χ1n) is 8.84. The van der Waals surface area contributed by atoms with Crippen LogP contribution in [0.15, 0.2) is 24.3 Å². The maximum absolute atomic E-state index is 12.2. The summed E-state index contributed by atoms with van der Waals surface area (Å²) in [6.45, 7) is 5.49. The fraction of sp³-hybridized carbons (Fsp3) is 0.526. The van der Waals surface area contributed by atoms with Gasteiger partial charge in [-0.1, -0.05) is 29.8 Å². The van der Waals surface area contributed by atoms with E-state index in [4.69, 9.17) is 0 Å². The molecular formula is C19H27N3O3. The minimum Gasteiger partial charge on any atom is -0.356 e. The average molecular weight is 345 g/mol. The standard InChI is InChI=1S/C19H27N3O3/c1-14-6-8-16(9-7-14)17(21-15(2)23)13-18(24)20-10-4-12-22-11-3-5-19(22)25/h6-9,17H,3-5,10-13H2,1-2H3,(H,20,24)(H,21,23). The summed E-state index contributed by atoms with van der Waals surface area (Å²) in [5.74, 6) is -0.0607. The normalized spacial score (nSPS) is 15.1. The van der Waals surface area contributed by atoms with Crippen LogP contribution in [0.25, 0.3) is 0 Å². The Morgan fingerprint density at radius 1 is 1.24 bits per heavy atom. The van der Waals surface area contributed by atoms with Crippen LogP contribution in [0.1, 0.15) is 49.8 Å². The molecule has 1 aromatic carbocycles. The summed E-state index contributed by atoms with van der Waals surface area (Å²) in [6.07, 6.45) is 2.51. The summed E-state index contributed by atoms with van der Waals surface area (Å²) >= 11 is 0. The number of nitrogens with one attached hydrogen (secondary N) is 2. The van der Waals surface area contributed by atoms with Crippen molar-refractivity contribution >= 4 is 17.7 Å². The first kappa shape index (κ1) is 19.0. The Labute approximate surface area is 149 Å². The molecule has 3 amide bonds. The Bertz CT molecular complexity index is 613. The van der Waals surface area contributed by atoms with Gasteiger partial charge in [-0.15, -0.1) is 0 Å². The van der Waals surface area contributed by atoms with Gasteiger partial charge in [-0.05, 0) is 25.3 Å². The number of rotatable bonds is 8. The third-order valence-corrected chi connectivity index (χ3v) is 4.35. The molecular weight excluding hydrogens is 318 g/mol. The van der Waals surface area contributed by atoms with Crippen molar-refractivity contribution in [3.05, 3.63) is 35.4 Å². The van der Waals surface area contributed by atoms with Gasteiger partial charge in [0.1, 0.15) is 0 Å². The summed E-state index contributed by atoms with van der Waals surface area (Å²) in [6, 6.07) is 7.47. The molecule has 1 aliphatic rings. The highest BCUT2D eigenvalue weighted by Gasteiger charge is 2.20. The van der Waals surface area contributed by atoms with Gasteiger partial charge in [0, 0.05) is 33.0 Å². The van der Waals surface area contributed by atoms with Gasteiger partial charge in [-0.25, -0.2) is 0 Å². The van der Waals surface area contributed by atoms with E-state index in [1.54, 1.807) is 0 Å². The topological polar surface area (TPSA) is 78.5 Å². The quantitative estimate of drug-likeness (QED) is 0.704. The summed E-state index contributed by atoms with van der Waals surface area (Å²) in [5.41, 5.74) is 2.05. The van der Waals surface area contributed by atoms with E-state index in [-0.39, 0.29) is 30.2 Å². The minimum absolute atomic E-state index is 0.105.